The molecule has 30 heavy (non-hydrogen) atoms. The maximum absolute atomic E-state index is 12.6. The molecule has 2 aromatic rings. The second-order valence-electron chi connectivity index (χ2n) is 6.46. The monoisotopic (exact) mass is 425 g/mol. The zero-order valence-corrected chi connectivity index (χ0v) is 15.6. The van der Waals surface area contributed by atoms with Crippen LogP contribution in [0.2, 0.25) is 0 Å². The Balaban J connectivity index is 0.000000318. The number of morpholine rings is 1. The molecule has 2 fully saturated rings. The second kappa shape index (κ2) is 9.03. The molecule has 4 rings (SSSR count). The molecule has 2 aromatic heterocycles. The number of aromatic nitrogens is 3. The predicted octanol–water partition coefficient (Wildman–Crippen LogP) is 1.23. The summed E-state index contributed by atoms with van der Waals surface area (Å²) in [6.07, 6.45) is 1.65. The quantitative estimate of drug-likeness (QED) is 0.766. The molecule has 2 aliphatic rings. The number of aliphatic carboxylic acids is 1. The van der Waals surface area contributed by atoms with Gasteiger partial charge in [0.15, 0.2) is 0 Å². The summed E-state index contributed by atoms with van der Waals surface area (Å²) in [6, 6.07) is 5.48. The lowest BCUT2D eigenvalue weighted by molar-refractivity contribution is -0.192. The molecule has 1 N–H and O–H groups in total. The first-order valence-electron chi connectivity index (χ1n) is 8.92. The standard InChI is InChI=1S/C16H17N5O2.C2HF3O2/c22-16(12-3-1-2-4-18-12)20-10-13-14(11-20)23-8-7-21(13)15-9-17-5-6-19-15;3-2(4,5)1(6)7/h1-6,9,13-14H,7-8,10-11H2;(H,6,7)/t13-,14+;/m1./s1. The zero-order chi connectivity index (χ0) is 21.7. The SMILES string of the molecule is O=C(O)C(F)(F)F.O=C(c1ccccn1)N1C[C@@H]2OCCN(c3cnccn3)[C@@H]2C1. The molecule has 0 saturated carbocycles. The fourth-order valence-electron chi connectivity index (χ4n) is 3.23. The molecule has 0 bridgehead atoms. The fraction of sp³-hybridized carbons (Fsp3) is 0.389. The van der Waals surface area contributed by atoms with Crippen molar-refractivity contribution in [2.75, 3.05) is 31.1 Å². The van der Waals surface area contributed by atoms with E-state index in [1.807, 2.05) is 11.0 Å². The summed E-state index contributed by atoms with van der Waals surface area (Å²) in [4.78, 5) is 38.2. The van der Waals surface area contributed by atoms with Crippen molar-refractivity contribution in [3.63, 3.8) is 0 Å². The van der Waals surface area contributed by atoms with Crippen LogP contribution in [0.15, 0.2) is 43.0 Å². The lowest BCUT2D eigenvalue weighted by atomic mass is 10.1. The summed E-state index contributed by atoms with van der Waals surface area (Å²) in [5, 5.41) is 7.12. The summed E-state index contributed by atoms with van der Waals surface area (Å²) < 4.78 is 37.6. The van der Waals surface area contributed by atoms with Crippen LogP contribution in [-0.2, 0) is 9.53 Å². The van der Waals surface area contributed by atoms with Crippen molar-refractivity contribution in [1.82, 2.24) is 19.9 Å². The highest BCUT2D eigenvalue weighted by atomic mass is 19.4. The van der Waals surface area contributed by atoms with Crippen LogP contribution < -0.4 is 4.90 Å². The second-order valence-corrected chi connectivity index (χ2v) is 6.46. The van der Waals surface area contributed by atoms with Gasteiger partial charge in [0.2, 0.25) is 0 Å². The van der Waals surface area contributed by atoms with Crippen LogP contribution in [0.1, 0.15) is 10.5 Å². The number of likely N-dealkylation sites (tertiary alicyclic amines) is 1. The highest BCUT2D eigenvalue weighted by Crippen LogP contribution is 2.27. The van der Waals surface area contributed by atoms with Crippen LogP contribution >= 0.6 is 0 Å². The number of pyridine rings is 1. The van der Waals surface area contributed by atoms with Gasteiger partial charge in [0.1, 0.15) is 11.5 Å². The molecular formula is C18H18F3N5O4. The van der Waals surface area contributed by atoms with Gasteiger partial charge in [-0.3, -0.25) is 14.8 Å². The van der Waals surface area contributed by atoms with Gasteiger partial charge in [-0.25, -0.2) is 9.78 Å². The first-order valence-corrected chi connectivity index (χ1v) is 8.92. The number of carbonyl (C=O) groups excluding carboxylic acids is 1. The molecule has 9 nitrogen and oxygen atoms in total. The van der Waals surface area contributed by atoms with E-state index in [1.54, 1.807) is 36.9 Å². The highest BCUT2D eigenvalue weighted by molar-refractivity contribution is 5.92. The van der Waals surface area contributed by atoms with Crippen LogP contribution in [0.5, 0.6) is 0 Å². The molecule has 0 radical (unpaired) electrons. The molecule has 12 heteroatoms. The van der Waals surface area contributed by atoms with E-state index in [2.05, 4.69) is 19.9 Å². The first-order chi connectivity index (χ1) is 14.3. The van der Waals surface area contributed by atoms with Crippen molar-refractivity contribution >= 4 is 17.7 Å². The molecule has 4 heterocycles. The number of amides is 1. The largest absolute Gasteiger partial charge is 0.490 e. The van der Waals surface area contributed by atoms with Crippen molar-refractivity contribution in [3.05, 3.63) is 48.7 Å². The lowest BCUT2D eigenvalue weighted by Crippen LogP contribution is -2.51. The maximum Gasteiger partial charge on any atom is 0.490 e. The number of rotatable bonds is 2. The lowest BCUT2D eigenvalue weighted by Gasteiger charge is -2.37. The third-order valence-electron chi connectivity index (χ3n) is 4.56. The highest BCUT2D eigenvalue weighted by Gasteiger charge is 2.42. The molecule has 160 valence electrons. The molecule has 0 aromatic carbocycles. The number of nitrogens with zero attached hydrogens (tertiary/aromatic N) is 5. The Morgan fingerprint density at radius 1 is 1.13 bits per heavy atom. The van der Waals surface area contributed by atoms with Gasteiger partial charge < -0.3 is 19.6 Å². The van der Waals surface area contributed by atoms with Crippen LogP contribution in [0.25, 0.3) is 0 Å². The Kier molecular flexibility index (Phi) is 6.45. The average molecular weight is 425 g/mol. The summed E-state index contributed by atoms with van der Waals surface area (Å²) in [6.45, 7) is 2.57. The first kappa shape index (κ1) is 21.4. The Labute approximate surface area is 169 Å². The number of ether oxygens (including phenoxy) is 1. The molecular weight excluding hydrogens is 407 g/mol. The molecule has 0 spiro atoms. The van der Waals surface area contributed by atoms with Gasteiger partial charge in [-0.15, -0.1) is 0 Å². The molecule has 0 aliphatic carbocycles. The van der Waals surface area contributed by atoms with Gasteiger partial charge in [0, 0.05) is 38.2 Å². The van der Waals surface area contributed by atoms with Crippen molar-refractivity contribution in [2.45, 2.75) is 18.3 Å². The molecule has 2 aliphatic heterocycles. The fourth-order valence-corrected chi connectivity index (χ4v) is 3.23. The minimum Gasteiger partial charge on any atom is -0.475 e. The van der Waals surface area contributed by atoms with Gasteiger partial charge in [-0.1, -0.05) is 6.07 Å². The molecule has 2 saturated heterocycles. The minimum absolute atomic E-state index is 0.00146. The summed E-state index contributed by atoms with van der Waals surface area (Å²) in [5.41, 5.74) is 0.470. The van der Waals surface area contributed by atoms with Crippen molar-refractivity contribution in [3.8, 4) is 0 Å². The summed E-state index contributed by atoms with van der Waals surface area (Å²) in [7, 11) is 0. The number of alkyl halides is 3. The number of hydrogen-bond acceptors (Lipinski definition) is 7. The van der Waals surface area contributed by atoms with Gasteiger partial charge >= 0.3 is 12.1 Å². The van der Waals surface area contributed by atoms with Gasteiger partial charge in [-0.2, -0.15) is 13.2 Å². The van der Waals surface area contributed by atoms with Gasteiger partial charge in [-0.05, 0) is 12.1 Å². The van der Waals surface area contributed by atoms with Crippen LogP contribution in [0.4, 0.5) is 19.0 Å². The number of anilines is 1. The number of halogens is 3. The van der Waals surface area contributed by atoms with Crippen molar-refractivity contribution in [1.29, 1.82) is 0 Å². The number of fused-ring (bicyclic) bond motifs is 1. The maximum atomic E-state index is 12.6. The Morgan fingerprint density at radius 2 is 1.90 bits per heavy atom. The predicted molar refractivity (Wildman–Crippen MR) is 96.7 cm³/mol. The van der Waals surface area contributed by atoms with E-state index in [0.717, 1.165) is 12.4 Å². The third kappa shape index (κ3) is 5.00. The van der Waals surface area contributed by atoms with E-state index in [-0.39, 0.29) is 18.1 Å². The van der Waals surface area contributed by atoms with E-state index in [4.69, 9.17) is 14.6 Å². The van der Waals surface area contributed by atoms with Crippen molar-refractivity contribution < 1.29 is 32.6 Å². The molecule has 1 amide bonds. The van der Waals surface area contributed by atoms with E-state index in [9.17, 15) is 18.0 Å². The van der Waals surface area contributed by atoms with E-state index in [0.29, 0.717) is 25.4 Å². The number of carboxylic acid groups (broad SMARTS) is 1. The third-order valence-corrected chi connectivity index (χ3v) is 4.56. The van der Waals surface area contributed by atoms with E-state index in [1.165, 1.54) is 0 Å². The van der Waals surface area contributed by atoms with E-state index < -0.39 is 12.1 Å². The number of carbonyl (C=O) groups is 2. The van der Waals surface area contributed by atoms with Crippen LogP contribution in [-0.4, -0.2) is 81.4 Å². The normalized spacial score (nSPS) is 20.8. The van der Waals surface area contributed by atoms with Crippen LogP contribution in [0, 0.1) is 0 Å². The summed E-state index contributed by atoms with van der Waals surface area (Å²) >= 11 is 0. The van der Waals surface area contributed by atoms with E-state index >= 15 is 0 Å². The molecule has 2 atom stereocenters. The van der Waals surface area contributed by atoms with Gasteiger partial charge in [0.25, 0.3) is 5.91 Å². The average Bonchev–Trinajstić information content (AvgIpc) is 3.18. The van der Waals surface area contributed by atoms with Crippen molar-refractivity contribution in [2.24, 2.45) is 0 Å². The number of carboxylic acids is 1. The van der Waals surface area contributed by atoms with Gasteiger partial charge in [0.05, 0.1) is 24.9 Å². The smallest absolute Gasteiger partial charge is 0.475 e. The number of hydrogen-bond donors (Lipinski definition) is 1. The Morgan fingerprint density at radius 3 is 2.50 bits per heavy atom. The zero-order valence-electron chi connectivity index (χ0n) is 15.6. The topological polar surface area (TPSA) is 109 Å². The Bertz CT molecular complexity index is 869. The molecule has 0 unspecified atom stereocenters. The summed E-state index contributed by atoms with van der Waals surface area (Å²) in [5.74, 6) is -1.98. The Hall–Kier alpha value is -3.28. The minimum atomic E-state index is -5.08. The van der Waals surface area contributed by atoms with Crippen LogP contribution in [0.3, 0.4) is 0 Å².